The Kier molecular flexibility index (Phi) is 7.36. The molecule has 1 heterocycles. The minimum absolute atomic E-state index is 0.336. The van der Waals surface area contributed by atoms with Crippen LogP contribution in [0.1, 0.15) is 27.6 Å². The third-order valence-corrected chi connectivity index (χ3v) is 4.88. The van der Waals surface area contributed by atoms with Gasteiger partial charge in [0.1, 0.15) is 5.15 Å². The molecular formula is C23H23ClN2O3. The fourth-order valence-corrected chi connectivity index (χ4v) is 3.07. The van der Waals surface area contributed by atoms with Crippen LogP contribution in [0.4, 0.5) is 0 Å². The smallest absolute Gasteiger partial charge is 0.337 e. The maximum absolute atomic E-state index is 11.5. The summed E-state index contributed by atoms with van der Waals surface area (Å²) in [5.74, 6) is -0.336. The number of aliphatic hydroxyl groups is 1. The van der Waals surface area contributed by atoms with Crippen molar-refractivity contribution < 1.29 is 14.6 Å². The monoisotopic (exact) mass is 410 g/mol. The number of pyridine rings is 1. The van der Waals surface area contributed by atoms with E-state index in [1.807, 2.05) is 12.1 Å². The quantitative estimate of drug-likeness (QED) is 0.333. The maximum atomic E-state index is 11.5. The van der Waals surface area contributed by atoms with Crippen molar-refractivity contribution in [2.45, 2.75) is 12.5 Å². The van der Waals surface area contributed by atoms with Gasteiger partial charge < -0.3 is 15.2 Å². The van der Waals surface area contributed by atoms with Crippen LogP contribution in [0, 0.1) is 0 Å². The Balaban J connectivity index is 1.48. The van der Waals surface area contributed by atoms with Crippen molar-refractivity contribution in [3.05, 3.63) is 88.7 Å². The summed E-state index contributed by atoms with van der Waals surface area (Å²) in [6, 6.07) is 19.1. The normalized spacial score (nSPS) is 11.8. The van der Waals surface area contributed by atoms with E-state index in [0.717, 1.165) is 29.7 Å². The Labute approximate surface area is 175 Å². The third-order valence-electron chi connectivity index (χ3n) is 4.66. The summed E-state index contributed by atoms with van der Waals surface area (Å²) in [6.07, 6.45) is 1.83. The van der Waals surface area contributed by atoms with Crippen LogP contribution in [-0.2, 0) is 11.2 Å². The van der Waals surface area contributed by atoms with Crippen LogP contribution in [0.3, 0.4) is 0 Å². The van der Waals surface area contributed by atoms with Crippen LogP contribution < -0.4 is 5.32 Å². The van der Waals surface area contributed by atoms with Gasteiger partial charge in [0.15, 0.2) is 0 Å². The van der Waals surface area contributed by atoms with Crippen molar-refractivity contribution >= 4 is 17.6 Å². The Morgan fingerprint density at radius 1 is 1.07 bits per heavy atom. The minimum Gasteiger partial charge on any atom is -0.465 e. The third kappa shape index (κ3) is 5.87. The lowest BCUT2D eigenvalue weighted by Crippen LogP contribution is -2.23. The second-order valence-corrected chi connectivity index (χ2v) is 7.04. The average molecular weight is 411 g/mol. The molecule has 0 radical (unpaired) electrons. The van der Waals surface area contributed by atoms with E-state index >= 15 is 0 Å². The molecule has 0 aliphatic carbocycles. The highest BCUT2D eigenvalue weighted by atomic mass is 35.5. The van der Waals surface area contributed by atoms with E-state index in [4.69, 9.17) is 16.3 Å². The van der Waals surface area contributed by atoms with E-state index < -0.39 is 6.10 Å². The number of aromatic nitrogens is 1. The number of aliphatic hydroxyl groups excluding tert-OH is 1. The largest absolute Gasteiger partial charge is 0.465 e. The van der Waals surface area contributed by atoms with Gasteiger partial charge in [-0.05, 0) is 47.9 Å². The lowest BCUT2D eigenvalue weighted by Gasteiger charge is -2.12. The summed E-state index contributed by atoms with van der Waals surface area (Å²) >= 11 is 5.76. The summed E-state index contributed by atoms with van der Waals surface area (Å²) < 4.78 is 4.72. The molecule has 0 fully saturated rings. The van der Waals surface area contributed by atoms with Crippen LogP contribution in [0.5, 0.6) is 0 Å². The number of esters is 1. The van der Waals surface area contributed by atoms with E-state index in [1.54, 1.807) is 30.5 Å². The molecule has 0 saturated carbocycles. The molecule has 0 saturated heterocycles. The number of ether oxygens (including phenoxy) is 1. The van der Waals surface area contributed by atoms with Crippen molar-refractivity contribution in [3.8, 4) is 11.1 Å². The molecule has 0 bridgehead atoms. The topological polar surface area (TPSA) is 71.5 Å². The molecule has 150 valence electrons. The number of nitrogens with zero attached hydrogens (tertiary/aromatic N) is 1. The maximum Gasteiger partial charge on any atom is 0.337 e. The predicted molar refractivity (Wildman–Crippen MR) is 114 cm³/mol. The molecule has 1 atom stereocenters. The minimum atomic E-state index is -0.616. The first-order valence-electron chi connectivity index (χ1n) is 9.35. The first-order chi connectivity index (χ1) is 14.1. The second kappa shape index (κ2) is 10.2. The Morgan fingerprint density at radius 3 is 2.31 bits per heavy atom. The number of halogens is 1. The number of methoxy groups -OCH3 is 1. The molecular weight excluding hydrogens is 388 g/mol. The number of benzene rings is 2. The van der Waals surface area contributed by atoms with Crippen LogP contribution in [-0.4, -0.2) is 36.3 Å². The van der Waals surface area contributed by atoms with E-state index in [-0.39, 0.29) is 5.97 Å². The zero-order chi connectivity index (χ0) is 20.6. The first kappa shape index (κ1) is 21.0. The highest BCUT2D eigenvalue weighted by molar-refractivity contribution is 6.29. The fraction of sp³-hybridized carbons (Fsp3) is 0.217. The average Bonchev–Trinajstić information content (AvgIpc) is 2.77. The molecule has 0 aliphatic heterocycles. The van der Waals surface area contributed by atoms with Gasteiger partial charge in [0.05, 0.1) is 18.8 Å². The second-order valence-electron chi connectivity index (χ2n) is 6.65. The number of carbonyl (C=O) groups is 1. The van der Waals surface area contributed by atoms with Gasteiger partial charge in [-0.2, -0.15) is 0 Å². The molecule has 0 aliphatic rings. The van der Waals surface area contributed by atoms with Gasteiger partial charge in [0.25, 0.3) is 0 Å². The van der Waals surface area contributed by atoms with Gasteiger partial charge in [-0.15, -0.1) is 0 Å². The standard InChI is InChI=1S/C23H23ClN2O3/c1-29-23(28)19-8-6-18(7-9-19)17-4-2-16(3-5-17)12-13-25-15-21(27)20-10-11-22(24)26-14-20/h2-11,14,21,25,27H,12-13,15H2,1H3/t21-/m0/s1. The van der Waals surface area contributed by atoms with Crippen molar-refractivity contribution in [2.75, 3.05) is 20.2 Å². The Morgan fingerprint density at radius 2 is 1.72 bits per heavy atom. The molecule has 3 aromatic rings. The van der Waals surface area contributed by atoms with E-state index in [9.17, 15) is 9.90 Å². The zero-order valence-corrected chi connectivity index (χ0v) is 16.9. The Hall–Kier alpha value is -2.73. The SMILES string of the molecule is COC(=O)c1ccc(-c2ccc(CCNC[C@H](O)c3ccc(Cl)nc3)cc2)cc1. The van der Waals surface area contributed by atoms with Crippen LogP contribution in [0.2, 0.25) is 5.15 Å². The summed E-state index contributed by atoms with van der Waals surface area (Å²) in [4.78, 5) is 15.5. The van der Waals surface area contributed by atoms with E-state index in [2.05, 4.69) is 34.6 Å². The summed E-state index contributed by atoms with van der Waals surface area (Å²) in [7, 11) is 1.37. The zero-order valence-electron chi connectivity index (χ0n) is 16.1. The van der Waals surface area contributed by atoms with Crippen molar-refractivity contribution in [3.63, 3.8) is 0 Å². The number of carbonyl (C=O) groups excluding carboxylic acids is 1. The molecule has 0 unspecified atom stereocenters. The fourth-order valence-electron chi connectivity index (χ4n) is 2.95. The van der Waals surface area contributed by atoms with Crippen LogP contribution >= 0.6 is 11.6 Å². The molecule has 1 aromatic heterocycles. The number of nitrogens with one attached hydrogen (secondary N) is 1. The van der Waals surface area contributed by atoms with Crippen molar-refractivity contribution in [2.24, 2.45) is 0 Å². The molecule has 29 heavy (non-hydrogen) atoms. The van der Waals surface area contributed by atoms with Gasteiger partial charge in [0.2, 0.25) is 0 Å². The first-order valence-corrected chi connectivity index (χ1v) is 9.72. The predicted octanol–water partition coefficient (Wildman–Crippen LogP) is 4.05. The molecule has 2 N–H and O–H groups in total. The van der Waals surface area contributed by atoms with Gasteiger partial charge in [-0.3, -0.25) is 0 Å². The van der Waals surface area contributed by atoms with Gasteiger partial charge >= 0.3 is 5.97 Å². The summed E-state index contributed by atoms with van der Waals surface area (Å²) in [5.41, 5.74) is 4.61. The van der Waals surface area contributed by atoms with Crippen molar-refractivity contribution in [1.82, 2.24) is 10.3 Å². The lowest BCUT2D eigenvalue weighted by atomic mass is 10.0. The molecule has 6 heteroatoms. The van der Waals surface area contributed by atoms with E-state index in [0.29, 0.717) is 17.3 Å². The number of hydrogen-bond donors (Lipinski definition) is 2. The van der Waals surface area contributed by atoms with Crippen LogP contribution in [0.25, 0.3) is 11.1 Å². The molecule has 3 rings (SSSR count). The van der Waals surface area contributed by atoms with Crippen LogP contribution in [0.15, 0.2) is 66.9 Å². The molecule has 0 spiro atoms. The van der Waals surface area contributed by atoms with E-state index in [1.165, 1.54) is 12.7 Å². The van der Waals surface area contributed by atoms with Crippen molar-refractivity contribution in [1.29, 1.82) is 0 Å². The molecule has 2 aromatic carbocycles. The van der Waals surface area contributed by atoms with Gasteiger partial charge in [-0.25, -0.2) is 9.78 Å². The molecule has 0 amide bonds. The summed E-state index contributed by atoms with van der Waals surface area (Å²) in [6.45, 7) is 1.21. The lowest BCUT2D eigenvalue weighted by molar-refractivity contribution is 0.0600. The number of rotatable bonds is 8. The molecule has 5 nitrogen and oxygen atoms in total. The Bertz CT molecular complexity index is 926. The highest BCUT2D eigenvalue weighted by Gasteiger charge is 2.08. The van der Waals surface area contributed by atoms with Gasteiger partial charge in [-0.1, -0.05) is 54.1 Å². The summed E-state index contributed by atoms with van der Waals surface area (Å²) in [5, 5.41) is 13.8. The van der Waals surface area contributed by atoms with Gasteiger partial charge in [0, 0.05) is 18.3 Å². The number of hydrogen-bond acceptors (Lipinski definition) is 5. The highest BCUT2D eigenvalue weighted by Crippen LogP contribution is 2.21.